The highest BCUT2D eigenvalue weighted by atomic mass is 14.2. The van der Waals surface area contributed by atoms with Crippen LogP contribution in [0.25, 0.3) is 0 Å². The van der Waals surface area contributed by atoms with Gasteiger partial charge in [-0.15, -0.1) is 0 Å². The predicted octanol–water partition coefficient (Wildman–Crippen LogP) is 2.93. The topological polar surface area (TPSA) is 47.6 Å². The Bertz CT molecular complexity index is 171. The van der Waals surface area contributed by atoms with E-state index < -0.39 is 0 Å². The van der Waals surface area contributed by atoms with Gasteiger partial charge in [0.05, 0.1) is 12.1 Å². The zero-order valence-corrected chi connectivity index (χ0v) is 7.29. The van der Waals surface area contributed by atoms with Gasteiger partial charge in [-0.2, -0.15) is 10.5 Å². The fourth-order valence-corrected chi connectivity index (χ4v) is 0.834. The van der Waals surface area contributed by atoms with Crippen LogP contribution in [-0.2, 0) is 0 Å². The third-order valence-corrected chi connectivity index (χ3v) is 1.49. The second-order valence-electron chi connectivity index (χ2n) is 2.57. The van der Waals surface area contributed by atoms with Gasteiger partial charge in [0, 0.05) is 12.8 Å². The fraction of sp³-hybridized carbons (Fsp3) is 0.600. The molecule has 0 aromatic carbocycles. The van der Waals surface area contributed by atoms with E-state index >= 15 is 0 Å². The average molecular weight is 162 g/mol. The van der Waals surface area contributed by atoms with Crippen LogP contribution in [0.3, 0.4) is 0 Å². The maximum absolute atomic E-state index is 8.23. The first-order valence-electron chi connectivity index (χ1n) is 4.30. The minimum atomic E-state index is 0.641. The average Bonchev–Trinajstić information content (AvgIpc) is 2.10. The molecule has 0 amide bonds. The summed E-state index contributed by atoms with van der Waals surface area (Å²) < 4.78 is 0. The molecule has 0 N–H and O–H groups in total. The molecule has 0 fully saturated rings. The van der Waals surface area contributed by atoms with Crippen molar-refractivity contribution in [1.29, 1.82) is 10.5 Å². The van der Waals surface area contributed by atoms with E-state index in [0.29, 0.717) is 12.8 Å². The number of rotatable bonds is 6. The Morgan fingerprint density at radius 1 is 0.833 bits per heavy atom. The Hall–Kier alpha value is -1.28. The largest absolute Gasteiger partial charge is 0.198 e. The van der Waals surface area contributed by atoms with Gasteiger partial charge >= 0.3 is 0 Å². The number of hydrogen-bond acceptors (Lipinski definition) is 2. The molecule has 0 heterocycles. The van der Waals surface area contributed by atoms with Crippen molar-refractivity contribution in [3.05, 3.63) is 12.2 Å². The summed E-state index contributed by atoms with van der Waals surface area (Å²) in [4.78, 5) is 0. The standard InChI is InChI=1S/C10H14N2/c11-9-7-5-3-1-2-4-6-8-10-12/h1-2H,3-8H2/b2-1+. The number of nitriles is 2. The van der Waals surface area contributed by atoms with Crippen LogP contribution in [0.2, 0.25) is 0 Å². The molecule has 0 aliphatic heterocycles. The molecule has 0 aliphatic rings. The van der Waals surface area contributed by atoms with E-state index in [-0.39, 0.29) is 0 Å². The summed E-state index contributed by atoms with van der Waals surface area (Å²) in [6, 6.07) is 4.20. The van der Waals surface area contributed by atoms with Crippen LogP contribution in [-0.4, -0.2) is 0 Å². The molecule has 0 atom stereocenters. The van der Waals surface area contributed by atoms with Crippen LogP contribution in [0.15, 0.2) is 12.2 Å². The van der Waals surface area contributed by atoms with Gasteiger partial charge in [0.1, 0.15) is 0 Å². The smallest absolute Gasteiger partial charge is 0.0621 e. The van der Waals surface area contributed by atoms with Crippen molar-refractivity contribution in [1.82, 2.24) is 0 Å². The summed E-state index contributed by atoms with van der Waals surface area (Å²) in [5.41, 5.74) is 0. The van der Waals surface area contributed by atoms with Crippen LogP contribution in [0.1, 0.15) is 38.5 Å². The monoisotopic (exact) mass is 162 g/mol. The van der Waals surface area contributed by atoms with Crippen molar-refractivity contribution in [2.45, 2.75) is 38.5 Å². The van der Waals surface area contributed by atoms with E-state index in [1.54, 1.807) is 0 Å². The molecule has 2 nitrogen and oxygen atoms in total. The minimum Gasteiger partial charge on any atom is -0.198 e. The van der Waals surface area contributed by atoms with Gasteiger partial charge in [-0.3, -0.25) is 0 Å². The number of unbranched alkanes of at least 4 members (excludes halogenated alkanes) is 4. The molecule has 2 heteroatoms. The van der Waals surface area contributed by atoms with E-state index in [1.807, 2.05) is 0 Å². The number of allylic oxidation sites excluding steroid dienone is 2. The molecule has 12 heavy (non-hydrogen) atoms. The Morgan fingerprint density at radius 3 is 1.58 bits per heavy atom. The van der Waals surface area contributed by atoms with Gasteiger partial charge < -0.3 is 0 Å². The summed E-state index contributed by atoms with van der Waals surface area (Å²) in [6.07, 6.45) is 9.34. The van der Waals surface area contributed by atoms with Crippen molar-refractivity contribution in [2.75, 3.05) is 0 Å². The first-order valence-corrected chi connectivity index (χ1v) is 4.30. The van der Waals surface area contributed by atoms with Crippen molar-refractivity contribution >= 4 is 0 Å². The molecule has 0 aromatic heterocycles. The summed E-state index contributed by atoms with van der Waals surface area (Å²) in [7, 11) is 0. The van der Waals surface area contributed by atoms with E-state index in [1.165, 1.54) is 0 Å². The van der Waals surface area contributed by atoms with Gasteiger partial charge in [-0.05, 0) is 25.7 Å². The van der Waals surface area contributed by atoms with E-state index in [0.717, 1.165) is 25.7 Å². The van der Waals surface area contributed by atoms with Crippen molar-refractivity contribution in [3.8, 4) is 12.1 Å². The fourth-order valence-electron chi connectivity index (χ4n) is 0.834. The molecule has 0 bridgehead atoms. The highest BCUT2D eigenvalue weighted by Gasteiger charge is 1.82. The first kappa shape index (κ1) is 10.7. The molecule has 0 radical (unpaired) electrons. The van der Waals surface area contributed by atoms with Crippen LogP contribution in [0.5, 0.6) is 0 Å². The lowest BCUT2D eigenvalue weighted by Gasteiger charge is -1.88. The molecule has 0 spiro atoms. The normalized spacial score (nSPS) is 9.50. The molecule has 64 valence electrons. The summed E-state index contributed by atoms with van der Waals surface area (Å²) in [6.45, 7) is 0. The highest BCUT2D eigenvalue weighted by molar-refractivity contribution is 4.84. The zero-order chi connectivity index (χ0) is 9.07. The summed E-state index contributed by atoms with van der Waals surface area (Å²) in [5, 5.41) is 16.5. The van der Waals surface area contributed by atoms with Crippen LogP contribution >= 0.6 is 0 Å². The quantitative estimate of drug-likeness (QED) is 0.445. The van der Waals surface area contributed by atoms with Crippen LogP contribution < -0.4 is 0 Å². The van der Waals surface area contributed by atoms with Crippen LogP contribution in [0.4, 0.5) is 0 Å². The zero-order valence-electron chi connectivity index (χ0n) is 7.29. The molecule has 0 rings (SSSR count). The third-order valence-electron chi connectivity index (χ3n) is 1.49. The Balaban J connectivity index is 3.06. The minimum absolute atomic E-state index is 0.641. The Kier molecular flexibility index (Phi) is 8.68. The number of hydrogen-bond donors (Lipinski definition) is 0. The molecule has 0 saturated carbocycles. The lowest BCUT2D eigenvalue weighted by atomic mass is 10.2. The summed E-state index contributed by atoms with van der Waals surface area (Å²) >= 11 is 0. The summed E-state index contributed by atoms with van der Waals surface area (Å²) in [5.74, 6) is 0. The van der Waals surface area contributed by atoms with Crippen molar-refractivity contribution in [3.63, 3.8) is 0 Å². The van der Waals surface area contributed by atoms with Crippen molar-refractivity contribution < 1.29 is 0 Å². The third kappa shape index (κ3) is 8.72. The van der Waals surface area contributed by atoms with E-state index in [2.05, 4.69) is 24.3 Å². The lowest BCUT2D eigenvalue weighted by molar-refractivity contribution is 0.849. The lowest BCUT2D eigenvalue weighted by Crippen LogP contribution is -1.71. The Morgan fingerprint density at radius 2 is 1.25 bits per heavy atom. The van der Waals surface area contributed by atoms with Gasteiger partial charge in [0.25, 0.3) is 0 Å². The molecule has 0 unspecified atom stereocenters. The van der Waals surface area contributed by atoms with Crippen molar-refractivity contribution in [2.24, 2.45) is 0 Å². The second kappa shape index (κ2) is 9.72. The van der Waals surface area contributed by atoms with E-state index in [9.17, 15) is 0 Å². The first-order chi connectivity index (χ1) is 5.91. The van der Waals surface area contributed by atoms with Gasteiger partial charge in [0.15, 0.2) is 0 Å². The molecule has 0 aliphatic carbocycles. The van der Waals surface area contributed by atoms with Crippen LogP contribution in [0, 0.1) is 22.7 Å². The van der Waals surface area contributed by atoms with E-state index in [4.69, 9.17) is 10.5 Å². The second-order valence-corrected chi connectivity index (χ2v) is 2.57. The highest BCUT2D eigenvalue weighted by Crippen LogP contribution is 1.99. The molecular formula is C10H14N2. The molecular weight excluding hydrogens is 148 g/mol. The van der Waals surface area contributed by atoms with Gasteiger partial charge in [-0.25, -0.2) is 0 Å². The van der Waals surface area contributed by atoms with Gasteiger partial charge in [-0.1, -0.05) is 12.2 Å². The Labute approximate surface area is 74.1 Å². The molecule has 0 aromatic rings. The maximum Gasteiger partial charge on any atom is 0.0621 e. The number of nitrogens with zero attached hydrogens (tertiary/aromatic N) is 2. The SMILES string of the molecule is N#CCCC/C=C/CCCC#N. The predicted molar refractivity (Wildman–Crippen MR) is 48.1 cm³/mol. The molecule has 0 saturated heterocycles. The van der Waals surface area contributed by atoms with Gasteiger partial charge in [0.2, 0.25) is 0 Å². The maximum atomic E-state index is 8.23.